The minimum atomic E-state index is -0.430. The van der Waals surface area contributed by atoms with Crippen molar-refractivity contribution in [3.63, 3.8) is 0 Å². The van der Waals surface area contributed by atoms with Gasteiger partial charge in [0.05, 0.1) is 30.0 Å². The van der Waals surface area contributed by atoms with Crippen LogP contribution in [0.15, 0.2) is 36.5 Å². The first-order chi connectivity index (χ1) is 12.0. The van der Waals surface area contributed by atoms with Gasteiger partial charge in [0.15, 0.2) is 0 Å². The van der Waals surface area contributed by atoms with Gasteiger partial charge in [-0.05, 0) is 37.3 Å². The molecule has 0 bridgehead atoms. The maximum Gasteiger partial charge on any atom is 0.333 e. The Morgan fingerprint density at radius 1 is 1.24 bits per heavy atom. The van der Waals surface area contributed by atoms with E-state index in [1.807, 2.05) is 36.5 Å². The zero-order chi connectivity index (χ0) is 18.0. The fraction of sp³-hybridized carbons (Fsp3) is 0.250. The van der Waals surface area contributed by atoms with E-state index in [4.69, 9.17) is 4.74 Å². The van der Waals surface area contributed by atoms with E-state index in [1.165, 1.54) is 4.68 Å². The number of nitro groups is 1. The van der Waals surface area contributed by atoms with Crippen molar-refractivity contribution < 1.29 is 9.66 Å². The lowest BCUT2D eigenvalue weighted by Crippen LogP contribution is -2.07. The van der Waals surface area contributed by atoms with Gasteiger partial charge in [0.2, 0.25) is 5.82 Å². The lowest BCUT2D eigenvalue weighted by molar-refractivity contribution is -0.384. The number of hydrogen-bond donors (Lipinski definition) is 1. The molecular weight excluding hydrogens is 324 g/mol. The predicted molar refractivity (Wildman–Crippen MR) is 92.0 cm³/mol. The zero-order valence-corrected chi connectivity index (χ0v) is 14.1. The SMILES string of the molecule is COc1ccc(-n2ccc(CNc3c([N+](=O)[O-])c(C)nn3C)n2)cc1. The van der Waals surface area contributed by atoms with E-state index >= 15 is 0 Å². The molecule has 0 aliphatic carbocycles. The van der Waals surface area contributed by atoms with Crippen LogP contribution in [0.1, 0.15) is 11.4 Å². The summed E-state index contributed by atoms with van der Waals surface area (Å²) in [5.74, 6) is 1.14. The van der Waals surface area contributed by atoms with Crippen LogP contribution in [0.2, 0.25) is 0 Å². The topological polar surface area (TPSA) is 100 Å². The molecule has 0 saturated heterocycles. The van der Waals surface area contributed by atoms with Gasteiger partial charge in [0, 0.05) is 13.2 Å². The van der Waals surface area contributed by atoms with E-state index < -0.39 is 4.92 Å². The van der Waals surface area contributed by atoms with Crippen LogP contribution in [0, 0.1) is 17.0 Å². The van der Waals surface area contributed by atoms with Crippen molar-refractivity contribution >= 4 is 11.5 Å². The Hall–Kier alpha value is -3.36. The van der Waals surface area contributed by atoms with Gasteiger partial charge in [0.25, 0.3) is 0 Å². The number of hydrogen-bond acceptors (Lipinski definition) is 6. The van der Waals surface area contributed by atoms with Crippen LogP contribution >= 0.6 is 0 Å². The van der Waals surface area contributed by atoms with E-state index in [9.17, 15) is 10.1 Å². The van der Waals surface area contributed by atoms with Crippen LogP contribution in [0.25, 0.3) is 5.69 Å². The van der Waals surface area contributed by atoms with E-state index in [0.29, 0.717) is 18.1 Å². The van der Waals surface area contributed by atoms with E-state index in [0.717, 1.165) is 17.1 Å². The summed E-state index contributed by atoms with van der Waals surface area (Å²) in [4.78, 5) is 10.8. The second kappa shape index (κ2) is 6.63. The number of nitrogens with one attached hydrogen (secondary N) is 1. The minimum absolute atomic E-state index is 0.0166. The van der Waals surface area contributed by atoms with Gasteiger partial charge in [-0.1, -0.05) is 0 Å². The molecule has 9 heteroatoms. The summed E-state index contributed by atoms with van der Waals surface area (Å²) in [6.07, 6.45) is 1.84. The largest absolute Gasteiger partial charge is 0.497 e. The number of nitrogens with zero attached hydrogens (tertiary/aromatic N) is 5. The highest BCUT2D eigenvalue weighted by Crippen LogP contribution is 2.27. The van der Waals surface area contributed by atoms with Crippen LogP contribution in [-0.4, -0.2) is 31.6 Å². The lowest BCUT2D eigenvalue weighted by atomic mass is 10.3. The number of ether oxygens (including phenoxy) is 1. The number of benzene rings is 1. The van der Waals surface area contributed by atoms with Gasteiger partial charge in [-0.15, -0.1) is 0 Å². The lowest BCUT2D eigenvalue weighted by Gasteiger charge is -2.05. The van der Waals surface area contributed by atoms with Crippen LogP contribution in [-0.2, 0) is 13.6 Å². The molecule has 130 valence electrons. The molecule has 2 heterocycles. The van der Waals surface area contributed by atoms with Gasteiger partial charge < -0.3 is 10.1 Å². The van der Waals surface area contributed by atoms with Gasteiger partial charge in [0.1, 0.15) is 11.4 Å². The summed E-state index contributed by atoms with van der Waals surface area (Å²) in [7, 11) is 3.28. The molecule has 3 rings (SSSR count). The number of aromatic nitrogens is 4. The Morgan fingerprint density at radius 2 is 1.96 bits per heavy atom. The third-order valence-corrected chi connectivity index (χ3v) is 3.79. The number of anilines is 1. The van der Waals surface area contributed by atoms with Crippen molar-refractivity contribution in [2.75, 3.05) is 12.4 Å². The molecule has 0 aliphatic heterocycles. The third kappa shape index (κ3) is 3.30. The quantitative estimate of drug-likeness (QED) is 0.545. The number of aryl methyl sites for hydroxylation is 2. The first kappa shape index (κ1) is 16.5. The Morgan fingerprint density at radius 3 is 2.60 bits per heavy atom. The fourth-order valence-electron chi connectivity index (χ4n) is 2.57. The van der Waals surface area contributed by atoms with Gasteiger partial charge in [-0.25, -0.2) is 9.36 Å². The first-order valence-corrected chi connectivity index (χ1v) is 7.60. The molecule has 0 saturated carbocycles. The molecule has 1 aromatic carbocycles. The maximum atomic E-state index is 11.2. The highest BCUT2D eigenvalue weighted by Gasteiger charge is 2.23. The molecule has 0 spiro atoms. The minimum Gasteiger partial charge on any atom is -0.497 e. The summed E-state index contributed by atoms with van der Waals surface area (Å²) >= 11 is 0. The highest BCUT2D eigenvalue weighted by atomic mass is 16.6. The normalized spacial score (nSPS) is 10.7. The Balaban J connectivity index is 1.75. The zero-order valence-electron chi connectivity index (χ0n) is 14.1. The van der Waals surface area contributed by atoms with Crippen LogP contribution in [0.3, 0.4) is 0 Å². The Labute approximate surface area is 144 Å². The molecule has 0 unspecified atom stereocenters. The Kier molecular flexibility index (Phi) is 4.38. The molecule has 0 fully saturated rings. The molecule has 0 radical (unpaired) electrons. The van der Waals surface area contributed by atoms with Crippen molar-refractivity contribution in [1.29, 1.82) is 0 Å². The van der Waals surface area contributed by atoms with Crippen molar-refractivity contribution in [3.05, 3.63) is 58.0 Å². The van der Waals surface area contributed by atoms with Gasteiger partial charge >= 0.3 is 5.69 Å². The van der Waals surface area contributed by atoms with Crippen molar-refractivity contribution in [2.24, 2.45) is 7.05 Å². The molecule has 0 amide bonds. The van der Waals surface area contributed by atoms with Crippen LogP contribution < -0.4 is 10.1 Å². The average Bonchev–Trinajstić information content (AvgIpc) is 3.17. The smallest absolute Gasteiger partial charge is 0.333 e. The fourth-order valence-corrected chi connectivity index (χ4v) is 2.57. The molecule has 0 aliphatic rings. The second-order valence-electron chi connectivity index (χ2n) is 5.47. The van der Waals surface area contributed by atoms with E-state index in [1.54, 1.807) is 25.8 Å². The monoisotopic (exact) mass is 342 g/mol. The number of methoxy groups -OCH3 is 1. The third-order valence-electron chi connectivity index (χ3n) is 3.79. The summed E-state index contributed by atoms with van der Waals surface area (Å²) in [5.41, 5.74) is 2.01. The van der Waals surface area contributed by atoms with Crippen molar-refractivity contribution in [3.8, 4) is 11.4 Å². The summed E-state index contributed by atoms with van der Waals surface area (Å²) in [6.45, 7) is 1.96. The van der Waals surface area contributed by atoms with Crippen molar-refractivity contribution in [2.45, 2.75) is 13.5 Å². The Bertz CT molecular complexity index is 897. The first-order valence-electron chi connectivity index (χ1n) is 7.60. The maximum absolute atomic E-state index is 11.2. The summed E-state index contributed by atoms with van der Waals surface area (Å²) < 4.78 is 8.34. The second-order valence-corrected chi connectivity index (χ2v) is 5.47. The van der Waals surface area contributed by atoms with Crippen molar-refractivity contribution in [1.82, 2.24) is 19.6 Å². The van der Waals surface area contributed by atoms with Gasteiger partial charge in [-0.2, -0.15) is 10.2 Å². The summed E-state index contributed by atoms with van der Waals surface area (Å²) in [6, 6.07) is 9.37. The molecular formula is C16H18N6O3. The van der Waals surface area contributed by atoms with E-state index in [2.05, 4.69) is 15.5 Å². The molecule has 25 heavy (non-hydrogen) atoms. The predicted octanol–water partition coefficient (Wildman–Crippen LogP) is 2.44. The average molecular weight is 342 g/mol. The summed E-state index contributed by atoms with van der Waals surface area (Å²) in [5, 5.41) is 22.8. The van der Waals surface area contributed by atoms with E-state index in [-0.39, 0.29) is 5.69 Å². The molecule has 1 N–H and O–H groups in total. The van der Waals surface area contributed by atoms with Crippen LogP contribution in [0.4, 0.5) is 11.5 Å². The standard InChI is InChI=1S/C16H18N6O3/c1-11-15(22(23)24)16(20(2)18-11)17-10-12-8-9-21(19-12)13-4-6-14(25-3)7-5-13/h4-9,17H,10H2,1-3H3. The molecule has 2 aromatic heterocycles. The molecule has 3 aromatic rings. The molecule has 9 nitrogen and oxygen atoms in total. The molecule has 0 atom stereocenters. The van der Waals surface area contributed by atoms with Crippen LogP contribution in [0.5, 0.6) is 5.75 Å². The highest BCUT2D eigenvalue weighted by molar-refractivity contribution is 5.59. The number of rotatable bonds is 6. The van der Waals surface area contributed by atoms with Gasteiger partial charge in [-0.3, -0.25) is 10.1 Å².